The van der Waals surface area contributed by atoms with E-state index in [0.29, 0.717) is 41.6 Å². The molecule has 0 N–H and O–H groups in total. The van der Waals surface area contributed by atoms with Crippen LogP contribution in [0.25, 0.3) is 0 Å². The molecule has 7 nitrogen and oxygen atoms in total. The number of hydrogen-bond acceptors (Lipinski definition) is 6. The standard InChI is InChI=1S/C21H28N2O5S/c1-7-23(8-2)29(24,25)20-11-15(3)9-10-17(20)22-14-16-12-18(26-4)21(28-6)19(13-16)27-5/h9-14H,7-8H2,1-6H3. The second-order valence-corrected chi connectivity index (χ2v) is 8.18. The summed E-state index contributed by atoms with van der Waals surface area (Å²) in [6.45, 7) is 6.27. The van der Waals surface area contributed by atoms with Crippen molar-refractivity contribution in [3.63, 3.8) is 0 Å². The Kier molecular flexibility index (Phi) is 7.64. The molecule has 0 bridgehead atoms. The number of benzene rings is 2. The van der Waals surface area contributed by atoms with E-state index in [1.54, 1.807) is 30.5 Å². The van der Waals surface area contributed by atoms with Crippen molar-refractivity contribution < 1.29 is 22.6 Å². The largest absolute Gasteiger partial charge is 0.493 e. The summed E-state index contributed by atoms with van der Waals surface area (Å²) in [5.74, 6) is 1.47. The van der Waals surface area contributed by atoms with Crippen molar-refractivity contribution in [1.82, 2.24) is 4.31 Å². The Bertz CT molecular complexity index is 958. The van der Waals surface area contributed by atoms with Gasteiger partial charge in [-0.2, -0.15) is 4.31 Å². The van der Waals surface area contributed by atoms with Crippen LogP contribution >= 0.6 is 0 Å². The summed E-state index contributed by atoms with van der Waals surface area (Å²) in [5.41, 5.74) is 1.91. The Hall–Kier alpha value is -2.58. The van der Waals surface area contributed by atoms with Gasteiger partial charge in [0.05, 0.1) is 27.0 Å². The lowest BCUT2D eigenvalue weighted by atomic mass is 10.2. The number of ether oxygens (including phenoxy) is 3. The Morgan fingerprint density at radius 3 is 2.03 bits per heavy atom. The molecule has 0 fully saturated rings. The maximum Gasteiger partial charge on any atom is 0.245 e. The summed E-state index contributed by atoms with van der Waals surface area (Å²) in [4.78, 5) is 4.64. The van der Waals surface area contributed by atoms with Gasteiger partial charge in [0, 0.05) is 24.9 Å². The molecule has 0 saturated carbocycles. The number of rotatable bonds is 9. The summed E-state index contributed by atoms with van der Waals surface area (Å²) >= 11 is 0. The van der Waals surface area contributed by atoms with Gasteiger partial charge in [-0.1, -0.05) is 19.9 Å². The van der Waals surface area contributed by atoms with Crippen molar-refractivity contribution in [1.29, 1.82) is 0 Å². The predicted octanol–water partition coefficient (Wildman–Crippen LogP) is 3.80. The molecular weight excluding hydrogens is 392 g/mol. The minimum atomic E-state index is -3.64. The van der Waals surface area contributed by atoms with E-state index < -0.39 is 10.0 Å². The van der Waals surface area contributed by atoms with Crippen LogP contribution < -0.4 is 14.2 Å². The monoisotopic (exact) mass is 420 g/mol. The van der Waals surface area contributed by atoms with Crippen LogP contribution in [0.15, 0.2) is 40.2 Å². The molecule has 0 spiro atoms. The lowest BCUT2D eigenvalue weighted by Gasteiger charge is -2.19. The summed E-state index contributed by atoms with van der Waals surface area (Å²) in [6.07, 6.45) is 1.58. The second-order valence-electron chi connectivity index (χ2n) is 6.28. The molecule has 0 aliphatic heterocycles. The molecule has 0 saturated heterocycles. The van der Waals surface area contributed by atoms with Crippen molar-refractivity contribution >= 4 is 21.9 Å². The minimum absolute atomic E-state index is 0.185. The van der Waals surface area contributed by atoms with Gasteiger partial charge < -0.3 is 14.2 Å². The molecular formula is C21H28N2O5S. The van der Waals surface area contributed by atoms with Crippen LogP contribution in [0.5, 0.6) is 17.2 Å². The molecule has 2 rings (SSSR count). The zero-order valence-corrected chi connectivity index (χ0v) is 18.5. The number of aryl methyl sites for hydroxylation is 1. The van der Waals surface area contributed by atoms with Crippen molar-refractivity contribution in [3.05, 3.63) is 41.5 Å². The van der Waals surface area contributed by atoms with Crippen LogP contribution in [0.1, 0.15) is 25.0 Å². The molecule has 158 valence electrons. The summed E-state index contributed by atoms with van der Waals surface area (Å²) in [5, 5.41) is 0. The van der Waals surface area contributed by atoms with Crippen LogP contribution in [0.2, 0.25) is 0 Å². The topological polar surface area (TPSA) is 77.4 Å². The van der Waals surface area contributed by atoms with Crippen molar-refractivity contribution in [2.75, 3.05) is 34.4 Å². The molecule has 0 radical (unpaired) electrons. The summed E-state index contributed by atoms with van der Waals surface area (Å²) in [7, 11) is 0.957. The average Bonchev–Trinajstić information content (AvgIpc) is 2.72. The third-order valence-electron chi connectivity index (χ3n) is 4.48. The van der Waals surface area contributed by atoms with Crippen LogP contribution in [0, 0.1) is 6.92 Å². The van der Waals surface area contributed by atoms with E-state index in [4.69, 9.17) is 14.2 Å². The average molecular weight is 421 g/mol. The maximum atomic E-state index is 13.1. The Balaban J connectivity index is 2.55. The Morgan fingerprint density at radius 1 is 0.966 bits per heavy atom. The summed E-state index contributed by atoms with van der Waals surface area (Å²) in [6, 6.07) is 8.69. The van der Waals surface area contributed by atoms with Crippen LogP contribution in [-0.4, -0.2) is 53.4 Å². The Morgan fingerprint density at radius 2 is 1.55 bits per heavy atom. The first kappa shape index (κ1) is 22.7. The van der Waals surface area contributed by atoms with Gasteiger partial charge in [0.1, 0.15) is 4.90 Å². The summed E-state index contributed by atoms with van der Waals surface area (Å²) < 4.78 is 43.6. The van der Waals surface area contributed by atoms with Crippen LogP contribution in [-0.2, 0) is 10.0 Å². The molecule has 0 amide bonds. The lowest BCUT2D eigenvalue weighted by Crippen LogP contribution is -2.30. The zero-order valence-electron chi connectivity index (χ0n) is 17.7. The van der Waals surface area contributed by atoms with Gasteiger partial charge in [-0.25, -0.2) is 8.42 Å². The highest BCUT2D eigenvalue weighted by atomic mass is 32.2. The minimum Gasteiger partial charge on any atom is -0.493 e. The van der Waals surface area contributed by atoms with Gasteiger partial charge in [0.25, 0.3) is 0 Å². The first-order chi connectivity index (χ1) is 13.8. The van der Waals surface area contributed by atoms with Gasteiger partial charge in [0.2, 0.25) is 15.8 Å². The van der Waals surface area contributed by atoms with Crippen LogP contribution in [0.3, 0.4) is 0 Å². The smallest absolute Gasteiger partial charge is 0.245 e. The molecule has 2 aromatic carbocycles. The Labute approximate surface area is 173 Å². The van der Waals surface area contributed by atoms with E-state index in [0.717, 1.165) is 5.56 Å². The van der Waals surface area contributed by atoms with Crippen molar-refractivity contribution in [3.8, 4) is 17.2 Å². The van der Waals surface area contributed by atoms with Gasteiger partial charge in [0.15, 0.2) is 11.5 Å². The van der Waals surface area contributed by atoms with E-state index >= 15 is 0 Å². The molecule has 0 heterocycles. The van der Waals surface area contributed by atoms with Crippen LogP contribution in [0.4, 0.5) is 5.69 Å². The predicted molar refractivity (Wildman–Crippen MR) is 115 cm³/mol. The van der Waals surface area contributed by atoms with Gasteiger partial charge in [-0.05, 0) is 36.8 Å². The number of methoxy groups -OCH3 is 3. The highest BCUT2D eigenvalue weighted by molar-refractivity contribution is 7.89. The van der Waals surface area contributed by atoms with Gasteiger partial charge in [-0.3, -0.25) is 4.99 Å². The first-order valence-corrected chi connectivity index (χ1v) is 10.7. The van der Waals surface area contributed by atoms with E-state index in [1.807, 2.05) is 26.8 Å². The fourth-order valence-corrected chi connectivity index (χ4v) is 4.64. The molecule has 0 unspecified atom stereocenters. The number of sulfonamides is 1. The quantitative estimate of drug-likeness (QED) is 0.577. The zero-order chi connectivity index (χ0) is 21.6. The molecule has 2 aromatic rings. The number of aliphatic imine (C=N–C) groups is 1. The van der Waals surface area contributed by atoms with E-state index in [2.05, 4.69) is 4.99 Å². The van der Waals surface area contributed by atoms with Crippen molar-refractivity contribution in [2.45, 2.75) is 25.7 Å². The lowest BCUT2D eigenvalue weighted by molar-refractivity contribution is 0.324. The SMILES string of the molecule is CCN(CC)S(=O)(=O)c1cc(C)ccc1N=Cc1cc(OC)c(OC)c(OC)c1. The molecule has 0 aromatic heterocycles. The van der Waals surface area contributed by atoms with E-state index in [9.17, 15) is 8.42 Å². The highest BCUT2D eigenvalue weighted by Crippen LogP contribution is 2.38. The normalized spacial score (nSPS) is 11.8. The molecule has 8 heteroatoms. The van der Waals surface area contributed by atoms with Gasteiger partial charge in [-0.15, -0.1) is 0 Å². The number of nitrogens with zero attached hydrogens (tertiary/aromatic N) is 2. The molecule has 0 aliphatic carbocycles. The first-order valence-electron chi connectivity index (χ1n) is 9.27. The van der Waals surface area contributed by atoms with E-state index in [1.165, 1.54) is 25.6 Å². The van der Waals surface area contributed by atoms with Gasteiger partial charge >= 0.3 is 0 Å². The maximum absolute atomic E-state index is 13.1. The third-order valence-corrected chi connectivity index (χ3v) is 6.56. The van der Waals surface area contributed by atoms with E-state index in [-0.39, 0.29) is 4.90 Å². The fourth-order valence-electron chi connectivity index (χ4n) is 2.96. The number of hydrogen-bond donors (Lipinski definition) is 0. The molecule has 0 atom stereocenters. The molecule has 29 heavy (non-hydrogen) atoms. The third kappa shape index (κ3) is 4.89. The highest BCUT2D eigenvalue weighted by Gasteiger charge is 2.24. The molecule has 0 aliphatic rings. The fraction of sp³-hybridized carbons (Fsp3) is 0.381. The van der Waals surface area contributed by atoms with Crippen molar-refractivity contribution in [2.24, 2.45) is 4.99 Å². The second kappa shape index (κ2) is 9.76.